The molecule has 0 bridgehead atoms. The Balaban J connectivity index is 1.54. The Morgan fingerprint density at radius 2 is 2.09 bits per heavy atom. The van der Waals surface area contributed by atoms with Gasteiger partial charge in [0.05, 0.1) is 10.9 Å². The first kappa shape index (κ1) is 15.4. The van der Waals surface area contributed by atoms with Crippen molar-refractivity contribution in [3.63, 3.8) is 0 Å². The fourth-order valence-corrected chi connectivity index (χ4v) is 3.95. The Kier molecular flexibility index (Phi) is 4.69. The highest BCUT2D eigenvalue weighted by Crippen LogP contribution is 2.36. The lowest BCUT2D eigenvalue weighted by Crippen LogP contribution is -2.44. The van der Waals surface area contributed by atoms with Crippen molar-refractivity contribution in [1.29, 1.82) is 0 Å². The van der Waals surface area contributed by atoms with E-state index in [9.17, 15) is 9.59 Å². The second-order valence-corrected chi connectivity index (χ2v) is 7.19. The molecule has 0 spiro atoms. The smallest absolute Gasteiger partial charge is 0.238 e. The van der Waals surface area contributed by atoms with Gasteiger partial charge in [-0.3, -0.25) is 9.59 Å². The van der Waals surface area contributed by atoms with Crippen LogP contribution in [0.2, 0.25) is 0 Å². The number of benzene rings is 1. The molecule has 0 saturated carbocycles. The number of piperidine rings is 1. The SMILES string of the molecule is CN1CCC(NC(=O)C[C@@H]2Sc3ccccc3NC2=O)CC1. The molecule has 1 aromatic carbocycles. The van der Waals surface area contributed by atoms with E-state index in [4.69, 9.17) is 0 Å². The second-order valence-electron chi connectivity index (χ2n) is 5.94. The Morgan fingerprint density at radius 3 is 2.86 bits per heavy atom. The number of fused-ring (bicyclic) bond motifs is 1. The monoisotopic (exact) mass is 319 g/mol. The summed E-state index contributed by atoms with van der Waals surface area (Å²) in [6.45, 7) is 2.02. The van der Waals surface area contributed by atoms with Gasteiger partial charge < -0.3 is 15.5 Å². The van der Waals surface area contributed by atoms with Crippen molar-refractivity contribution in [2.45, 2.75) is 35.4 Å². The summed E-state index contributed by atoms with van der Waals surface area (Å²) in [5.74, 6) is -0.108. The van der Waals surface area contributed by atoms with Crippen molar-refractivity contribution in [3.05, 3.63) is 24.3 Å². The molecule has 1 aromatic rings. The topological polar surface area (TPSA) is 61.4 Å². The van der Waals surface area contributed by atoms with Gasteiger partial charge in [-0.25, -0.2) is 0 Å². The van der Waals surface area contributed by atoms with E-state index in [1.54, 1.807) is 0 Å². The van der Waals surface area contributed by atoms with E-state index < -0.39 is 0 Å². The van der Waals surface area contributed by atoms with Gasteiger partial charge in [0, 0.05) is 17.4 Å². The lowest BCUT2D eigenvalue weighted by molar-refractivity contribution is -0.124. The molecule has 1 atom stereocenters. The zero-order valence-electron chi connectivity index (χ0n) is 12.7. The molecule has 0 radical (unpaired) electrons. The van der Waals surface area contributed by atoms with E-state index in [1.165, 1.54) is 11.8 Å². The molecule has 0 aromatic heterocycles. The Bertz CT molecular complexity index is 570. The fourth-order valence-electron chi connectivity index (χ4n) is 2.83. The minimum atomic E-state index is -0.346. The van der Waals surface area contributed by atoms with Crippen LogP contribution in [-0.2, 0) is 9.59 Å². The maximum Gasteiger partial charge on any atom is 0.238 e. The van der Waals surface area contributed by atoms with Gasteiger partial charge in [0.25, 0.3) is 0 Å². The number of hydrogen-bond acceptors (Lipinski definition) is 4. The van der Waals surface area contributed by atoms with Gasteiger partial charge in [-0.2, -0.15) is 0 Å². The van der Waals surface area contributed by atoms with Gasteiger partial charge in [-0.1, -0.05) is 12.1 Å². The van der Waals surface area contributed by atoms with Crippen LogP contribution in [0, 0.1) is 0 Å². The van der Waals surface area contributed by atoms with Crippen molar-refractivity contribution in [2.24, 2.45) is 0 Å². The van der Waals surface area contributed by atoms with Crippen molar-refractivity contribution in [2.75, 3.05) is 25.5 Å². The van der Waals surface area contributed by atoms with E-state index in [1.807, 2.05) is 24.3 Å². The van der Waals surface area contributed by atoms with E-state index in [-0.39, 0.29) is 29.5 Å². The highest BCUT2D eigenvalue weighted by molar-refractivity contribution is 8.01. The number of carbonyl (C=O) groups is 2. The number of carbonyl (C=O) groups excluding carboxylic acids is 2. The minimum absolute atomic E-state index is 0.0263. The molecule has 0 aliphatic carbocycles. The molecular weight excluding hydrogens is 298 g/mol. The average molecular weight is 319 g/mol. The number of hydrogen-bond donors (Lipinski definition) is 2. The average Bonchev–Trinajstić information content (AvgIpc) is 2.50. The van der Waals surface area contributed by atoms with Crippen LogP contribution in [-0.4, -0.2) is 48.1 Å². The molecule has 1 fully saturated rings. The summed E-state index contributed by atoms with van der Waals surface area (Å²) in [5.41, 5.74) is 0.837. The first-order valence-electron chi connectivity index (χ1n) is 7.66. The summed E-state index contributed by atoms with van der Waals surface area (Å²) in [4.78, 5) is 27.6. The first-order valence-corrected chi connectivity index (χ1v) is 8.54. The van der Waals surface area contributed by atoms with E-state index in [2.05, 4.69) is 22.6 Å². The molecule has 2 aliphatic rings. The van der Waals surface area contributed by atoms with Crippen molar-refractivity contribution >= 4 is 29.3 Å². The lowest BCUT2D eigenvalue weighted by atomic mass is 10.1. The maximum atomic E-state index is 12.2. The Labute approximate surface area is 134 Å². The molecule has 6 heteroatoms. The molecule has 2 heterocycles. The summed E-state index contributed by atoms with van der Waals surface area (Å²) >= 11 is 1.47. The molecule has 0 unspecified atom stereocenters. The van der Waals surface area contributed by atoms with Gasteiger partial charge in [0.1, 0.15) is 0 Å². The van der Waals surface area contributed by atoms with Crippen molar-refractivity contribution in [3.8, 4) is 0 Å². The third kappa shape index (κ3) is 3.62. The van der Waals surface area contributed by atoms with Crippen molar-refractivity contribution < 1.29 is 9.59 Å². The number of nitrogens with one attached hydrogen (secondary N) is 2. The zero-order chi connectivity index (χ0) is 15.5. The summed E-state index contributed by atoms with van der Waals surface area (Å²) in [6.07, 6.45) is 2.20. The first-order chi connectivity index (χ1) is 10.6. The number of likely N-dealkylation sites (tertiary alicyclic amines) is 1. The van der Waals surface area contributed by atoms with Crippen molar-refractivity contribution in [1.82, 2.24) is 10.2 Å². The molecule has 2 amide bonds. The molecule has 22 heavy (non-hydrogen) atoms. The van der Waals surface area contributed by atoms with Crippen LogP contribution in [0.5, 0.6) is 0 Å². The predicted molar refractivity (Wildman–Crippen MR) is 88.0 cm³/mol. The van der Waals surface area contributed by atoms with E-state index in [0.717, 1.165) is 36.5 Å². The number of anilines is 1. The number of nitrogens with zero attached hydrogens (tertiary/aromatic N) is 1. The van der Waals surface area contributed by atoms with Crippen LogP contribution in [0.4, 0.5) is 5.69 Å². The van der Waals surface area contributed by atoms with E-state index >= 15 is 0 Å². The van der Waals surface area contributed by atoms with Crippen LogP contribution < -0.4 is 10.6 Å². The standard InChI is InChI=1S/C16H21N3O2S/c1-19-8-6-11(7-9-19)17-15(20)10-14-16(21)18-12-4-2-3-5-13(12)22-14/h2-5,11,14H,6-10H2,1H3,(H,17,20)(H,18,21)/t14-/m0/s1. The summed E-state index contributed by atoms with van der Waals surface area (Å²) < 4.78 is 0. The summed E-state index contributed by atoms with van der Waals surface area (Å²) in [6, 6.07) is 7.94. The van der Waals surface area contributed by atoms with Gasteiger partial charge in [0.15, 0.2) is 0 Å². The molecule has 2 aliphatic heterocycles. The molecule has 118 valence electrons. The highest BCUT2D eigenvalue weighted by atomic mass is 32.2. The third-order valence-electron chi connectivity index (χ3n) is 4.16. The molecule has 5 nitrogen and oxygen atoms in total. The summed E-state index contributed by atoms with van der Waals surface area (Å²) in [7, 11) is 2.10. The van der Waals surface area contributed by atoms with Crippen LogP contribution in [0.3, 0.4) is 0 Å². The number of para-hydroxylation sites is 1. The largest absolute Gasteiger partial charge is 0.353 e. The minimum Gasteiger partial charge on any atom is -0.353 e. The quantitative estimate of drug-likeness (QED) is 0.890. The fraction of sp³-hybridized carbons (Fsp3) is 0.500. The van der Waals surface area contributed by atoms with Gasteiger partial charge in [-0.05, 0) is 45.1 Å². The normalized spacial score (nSPS) is 22.8. The van der Waals surface area contributed by atoms with Gasteiger partial charge >= 0.3 is 0 Å². The Hall–Kier alpha value is -1.53. The van der Waals surface area contributed by atoms with Crippen LogP contribution in [0.15, 0.2) is 29.2 Å². The van der Waals surface area contributed by atoms with Crippen LogP contribution in [0.25, 0.3) is 0 Å². The molecule has 1 saturated heterocycles. The maximum absolute atomic E-state index is 12.2. The Morgan fingerprint density at radius 1 is 1.36 bits per heavy atom. The van der Waals surface area contributed by atoms with Crippen LogP contribution >= 0.6 is 11.8 Å². The number of amides is 2. The second kappa shape index (κ2) is 6.71. The molecule has 2 N–H and O–H groups in total. The number of thioether (sulfide) groups is 1. The van der Waals surface area contributed by atoms with Crippen LogP contribution in [0.1, 0.15) is 19.3 Å². The predicted octanol–water partition coefficient (Wildman–Crippen LogP) is 1.70. The lowest BCUT2D eigenvalue weighted by Gasteiger charge is -2.30. The summed E-state index contributed by atoms with van der Waals surface area (Å²) in [5, 5.41) is 5.60. The van der Waals surface area contributed by atoms with E-state index in [0.29, 0.717) is 0 Å². The molecular formula is C16H21N3O2S. The third-order valence-corrected chi connectivity index (χ3v) is 5.44. The van der Waals surface area contributed by atoms with Gasteiger partial charge in [-0.15, -0.1) is 11.8 Å². The number of rotatable bonds is 3. The van der Waals surface area contributed by atoms with Gasteiger partial charge in [0.2, 0.25) is 11.8 Å². The zero-order valence-corrected chi connectivity index (χ0v) is 13.5. The molecule has 3 rings (SSSR count). The highest BCUT2D eigenvalue weighted by Gasteiger charge is 2.29.